The highest BCUT2D eigenvalue weighted by molar-refractivity contribution is 5.76. The van der Waals surface area contributed by atoms with E-state index < -0.39 is 0 Å². The van der Waals surface area contributed by atoms with Crippen LogP contribution in [0.15, 0.2) is 18.5 Å². The van der Waals surface area contributed by atoms with E-state index in [9.17, 15) is 4.79 Å². The second kappa shape index (κ2) is 8.94. The lowest BCUT2D eigenvalue weighted by atomic mass is 9.99. The molecule has 0 aromatic carbocycles. The fraction of sp³-hybridized carbons (Fsp3) is 0.706. The maximum atomic E-state index is 12.0. The molecule has 1 aromatic rings. The third kappa shape index (κ3) is 5.14. The summed E-state index contributed by atoms with van der Waals surface area (Å²) in [7, 11) is 0. The molecule has 7 nitrogen and oxygen atoms in total. The SMILES string of the molecule is O=C1CCOCCN1CCN1CCCC(COc2ncccn2)C1. The number of carbonyl (C=O) groups is 1. The zero-order valence-corrected chi connectivity index (χ0v) is 14.1. The minimum absolute atomic E-state index is 0.214. The number of nitrogens with zero attached hydrogens (tertiary/aromatic N) is 4. The Morgan fingerprint density at radius 3 is 2.96 bits per heavy atom. The standard InChI is InChI=1S/C17H26N4O3/c22-16-4-11-23-12-10-21(16)9-8-20-7-1-3-15(13-20)14-24-17-18-5-2-6-19-17/h2,5-6,15H,1,3-4,7-14H2. The molecule has 1 atom stereocenters. The molecule has 1 aromatic heterocycles. The molecule has 2 fully saturated rings. The topological polar surface area (TPSA) is 67.8 Å². The van der Waals surface area contributed by atoms with E-state index in [0.29, 0.717) is 44.7 Å². The molecule has 2 aliphatic rings. The zero-order chi connectivity index (χ0) is 16.6. The van der Waals surface area contributed by atoms with Gasteiger partial charge in [0.1, 0.15) is 0 Å². The van der Waals surface area contributed by atoms with E-state index in [2.05, 4.69) is 14.9 Å². The Balaban J connectivity index is 1.41. The number of piperidine rings is 1. The molecule has 132 valence electrons. The Morgan fingerprint density at radius 2 is 2.08 bits per heavy atom. The maximum Gasteiger partial charge on any atom is 0.316 e. The normalized spacial score (nSPS) is 23.1. The number of amides is 1. The van der Waals surface area contributed by atoms with Crippen LogP contribution in [-0.4, -0.2) is 78.2 Å². The van der Waals surface area contributed by atoms with Crippen molar-refractivity contribution in [3.63, 3.8) is 0 Å². The molecule has 1 amide bonds. The largest absolute Gasteiger partial charge is 0.463 e. The lowest BCUT2D eigenvalue weighted by Gasteiger charge is -2.33. The first-order valence-corrected chi connectivity index (χ1v) is 8.79. The van der Waals surface area contributed by atoms with E-state index in [1.54, 1.807) is 18.5 Å². The minimum Gasteiger partial charge on any atom is -0.463 e. The average Bonchev–Trinajstić information content (AvgIpc) is 2.84. The van der Waals surface area contributed by atoms with Crippen molar-refractivity contribution in [2.24, 2.45) is 5.92 Å². The summed E-state index contributed by atoms with van der Waals surface area (Å²) in [6.45, 7) is 6.38. The quantitative estimate of drug-likeness (QED) is 0.767. The average molecular weight is 334 g/mol. The summed E-state index contributed by atoms with van der Waals surface area (Å²) < 4.78 is 11.1. The predicted molar refractivity (Wildman–Crippen MR) is 88.7 cm³/mol. The number of hydrogen-bond donors (Lipinski definition) is 0. The summed E-state index contributed by atoms with van der Waals surface area (Å²) in [4.78, 5) is 24.6. The Kier molecular flexibility index (Phi) is 6.37. The highest BCUT2D eigenvalue weighted by Crippen LogP contribution is 2.17. The molecular weight excluding hydrogens is 308 g/mol. The zero-order valence-electron chi connectivity index (χ0n) is 14.1. The van der Waals surface area contributed by atoms with Crippen LogP contribution < -0.4 is 4.74 Å². The van der Waals surface area contributed by atoms with Crippen LogP contribution >= 0.6 is 0 Å². The highest BCUT2D eigenvalue weighted by atomic mass is 16.5. The number of likely N-dealkylation sites (tertiary alicyclic amines) is 1. The molecule has 3 rings (SSSR count). The maximum absolute atomic E-state index is 12.0. The molecule has 2 aliphatic heterocycles. The van der Waals surface area contributed by atoms with E-state index >= 15 is 0 Å². The minimum atomic E-state index is 0.214. The van der Waals surface area contributed by atoms with Crippen LogP contribution in [0.3, 0.4) is 0 Å². The van der Waals surface area contributed by atoms with Crippen molar-refractivity contribution in [1.29, 1.82) is 0 Å². The van der Waals surface area contributed by atoms with Crippen LogP contribution in [0, 0.1) is 5.92 Å². The first-order chi connectivity index (χ1) is 11.8. The van der Waals surface area contributed by atoms with Crippen LogP contribution in [-0.2, 0) is 9.53 Å². The smallest absolute Gasteiger partial charge is 0.316 e. The van der Waals surface area contributed by atoms with E-state index in [0.717, 1.165) is 26.2 Å². The summed E-state index contributed by atoms with van der Waals surface area (Å²) >= 11 is 0. The van der Waals surface area contributed by atoms with Gasteiger partial charge in [0.2, 0.25) is 5.91 Å². The van der Waals surface area contributed by atoms with Crippen LogP contribution in [0.4, 0.5) is 0 Å². The number of aromatic nitrogens is 2. The molecule has 24 heavy (non-hydrogen) atoms. The molecule has 0 spiro atoms. The van der Waals surface area contributed by atoms with Crippen molar-refractivity contribution in [1.82, 2.24) is 19.8 Å². The van der Waals surface area contributed by atoms with Gasteiger partial charge in [0.15, 0.2) is 0 Å². The lowest BCUT2D eigenvalue weighted by molar-refractivity contribution is -0.130. The molecular formula is C17H26N4O3. The molecule has 7 heteroatoms. The Morgan fingerprint density at radius 1 is 1.21 bits per heavy atom. The Hall–Kier alpha value is -1.73. The van der Waals surface area contributed by atoms with Gasteiger partial charge in [-0.3, -0.25) is 4.79 Å². The van der Waals surface area contributed by atoms with Gasteiger partial charge in [0, 0.05) is 44.5 Å². The second-order valence-corrected chi connectivity index (χ2v) is 6.39. The van der Waals surface area contributed by atoms with Gasteiger partial charge in [0.05, 0.1) is 26.2 Å². The molecule has 0 bridgehead atoms. The Bertz CT molecular complexity index is 514. The monoisotopic (exact) mass is 334 g/mol. The summed E-state index contributed by atoms with van der Waals surface area (Å²) in [5.41, 5.74) is 0. The third-order valence-electron chi connectivity index (χ3n) is 4.60. The van der Waals surface area contributed by atoms with Gasteiger partial charge in [-0.05, 0) is 25.5 Å². The first-order valence-electron chi connectivity index (χ1n) is 8.79. The van der Waals surface area contributed by atoms with Gasteiger partial charge in [0.25, 0.3) is 0 Å². The Labute approximate surface area is 143 Å². The highest BCUT2D eigenvalue weighted by Gasteiger charge is 2.23. The number of carbonyl (C=O) groups excluding carboxylic acids is 1. The predicted octanol–water partition coefficient (Wildman–Crippen LogP) is 0.816. The third-order valence-corrected chi connectivity index (χ3v) is 4.60. The van der Waals surface area contributed by atoms with Gasteiger partial charge in [-0.2, -0.15) is 0 Å². The summed E-state index contributed by atoms with van der Waals surface area (Å²) in [6.07, 6.45) is 6.23. The van der Waals surface area contributed by atoms with E-state index in [-0.39, 0.29) is 5.91 Å². The molecule has 1 unspecified atom stereocenters. The van der Waals surface area contributed by atoms with Crippen molar-refractivity contribution in [3.8, 4) is 6.01 Å². The van der Waals surface area contributed by atoms with Crippen molar-refractivity contribution in [3.05, 3.63) is 18.5 Å². The molecule has 2 saturated heterocycles. The number of rotatable bonds is 6. The van der Waals surface area contributed by atoms with Gasteiger partial charge in [-0.25, -0.2) is 9.97 Å². The molecule has 0 saturated carbocycles. The van der Waals surface area contributed by atoms with E-state index in [1.165, 1.54) is 12.8 Å². The van der Waals surface area contributed by atoms with Crippen molar-refractivity contribution >= 4 is 5.91 Å². The lowest BCUT2D eigenvalue weighted by Crippen LogP contribution is -2.43. The van der Waals surface area contributed by atoms with E-state index in [1.807, 2.05) is 4.90 Å². The van der Waals surface area contributed by atoms with Crippen LogP contribution in [0.5, 0.6) is 6.01 Å². The van der Waals surface area contributed by atoms with Gasteiger partial charge in [-0.15, -0.1) is 0 Å². The van der Waals surface area contributed by atoms with Crippen molar-refractivity contribution in [2.75, 3.05) is 52.5 Å². The molecule has 0 radical (unpaired) electrons. The number of hydrogen-bond acceptors (Lipinski definition) is 6. The fourth-order valence-electron chi connectivity index (χ4n) is 3.26. The van der Waals surface area contributed by atoms with E-state index in [4.69, 9.17) is 9.47 Å². The summed E-state index contributed by atoms with van der Waals surface area (Å²) in [6, 6.07) is 2.23. The summed E-state index contributed by atoms with van der Waals surface area (Å²) in [5, 5.41) is 0. The fourth-order valence-corrected chi connectivity index (χ4v) is 3.26. The van der Waals surface area contributed by atoms with Gasteiger partial charge in [-0.1, -0.05) is 0 Å². The van der Waals surface area contributed by atoms with Gasteiger partial charge >= 0.3 is 6.01 Å². The molecule has 0 N–H and O–H groups in total. The second-order valence-electron chi connectivity index (χ2n) is 6.39. The number of ether oxygens (including phenoxy) is 2. The molecule has 0 aliphatic carbocycles. The molecule has 3 heterocycles. The van der Waals surface area contributed by atoms with Crippen molar-refractivity contribution in [2.45, 2.75) is 19.3 Å². The van der Waals surface area contributed by atoms with Crippen LogP contribution in [0.2, 0.25) is 0 Å². The first kappa shape index (κ1) is 17.1. The van der Waals surface area contributed by atoms with Crippen molar-refractivity contribution < 1.29 is 14.3 Å². The van der Waals surface area contributed by atoms with Crippen LogP contribution in [0.25, 0.3) is 0 Å². The van der Waals surface area contributed by atoms with Gasteiger partial charge < -0.3 is 19.3 Å². The van der Waals surface area contributed by atoms with Crippen LogP contribution in [0.1, 0.15) is 19.3 Å². The summed E-state index contributed by atoms with van der Waals surface area (Å²) in [5.74, 6) is 0.705.